The van der Waals surface area contributed by atoms with E-state index in [-0.39, 0.29) is 17.5 Å². The van der Waals surface area contributed by atoms with Crippen LogP contribution in [0.5, 0.6) is 5.75 Å². The third kappa shape index (κ3) is 3.35. The number of likely N-dealkylation sites (N-methyl/N-ethyl adjacent to an activating group) is 1. The monoisotopic (exact) mass is 295 g/mol. The van der Waals surface area contributed by atoms with Crippen LogP contribution in [0.25, 0.3) is 0 Å². The molecule has 4 nitrogen and oxygen atoms in total. The Morgan fingerprint density at radius 1 is 1.52 bits per heavy atom. The summed E-state index contributed by atoms with van der Waals surface area (Å²) >= 11 is 0. The zero-order valence-electron chi connectivity index (χ0n) is 12.3. The molecule has 1 aromatic carbocycles. The van der Waals surface area contributed by atoms with Crippen molar-refractivity contribution in [2.75, 3.05) is 13.2 Å². The van der Waals surface area contributed by atoms with Crippen molar-refractivity contribution in [3.05, 3.63) is 30.1 Å². The molecule has 0 saturated heterocycles. The van der Waals surface area contributed by atoms with Gasteiger partial charge in [0.1, 0.15) is 5.54 Å². The normalized spacial score (nSPS) is 25.0. The lowest BCUT2D eigenvalue weighted by molar-refractivity contribution is -0.146. The zero-order chi connectivity index (χ0) is 15.3. The second-order valence-corrected chi connectivity index (χ2v) is 5.46. The highest BCUT2D eigenvalue weighted by molar-refractivity contribution is 5.79. The molecule has 2 atom stereocenters. The first-order valence-electron chi connectivity index (χ1n) is 7.46. The number of ether oxygens (including phenoxy) is 1. The van der Waals surface area contributed by atoms with Crippen LogP contribution in [0.1, 0.15) is 32.6 Å². The molecule has 1 aliphatic carbocycles. The highest BCUT2D eigenvalue weighted by atomic mass is 19.1. The third-order valence-corrected chi connectivity index (χ3v) is 4.26. The largest absolute Gasteiger partial charge is 0.491 e. The van der Waals surface area contributed by atoms with E-state index >= 15 is 0 Å². The van der Waals surface area contributed by atoms with E-state index in [4.69, 9.17) is 4.74 Å². The number of nitrogens with one attached hydrogen (secondary N) is 1. The van der Waals surface area contributed by atoms with E-state index in [0.717, 1.165) is 12.8 Å². The molecule has 1 aliphatic rings. The van der Waals surface area contributed by atoms with Crippen molar-refractivity contribution >= 4 is 5.97 Å². The number of carboxylic acids is 1. The van der Waals surface area contributed by atoms with Gasteiger partial charge in [0.2, 0.25) is 0 Å². The van der Waals surface area contributed by atoms with Gasteiger partial charge in [-0.3, -0.25) is 4.79 Å². The molecule has 0 bridgehead atoms. The van der Waals surface area contributed by atoms with Crippen LogP contribution in [0.15, 0.2) is 24.3 Å². The van der Waals surface area contributed by atoms with Crippen LogP contribution in [0.2, 0.25) is 0 Å². The van der Waals surface area contributed by atoms with Crippen LogP contribution in [0.3, 0.4) is 0 Å². The minimum atomic E-state index is -0.854. The summed E-state index contributed by atoms with van der Waals surface area (Å²) in [4.78, 5) is 11.6. The van der Waals surface area contributed by atoms with Crippen molar-refractivity contribution in [1.29, 1.82) is 0 Å². The summed E-state index contributed by atoms with van der Waals surface area (Å²) in [5, 5.41) is 12.7. The standard InChI is InChI=1S/C16H22FNO3/c1-2-18-16(15(19)20)10-5-6-12(16)9-11-21-14-8-4-3-7-13(14)17/h3-4,7-8,12,18H,2,5-6,9-11H2,1H3,(H,19,20). The van der Waals surface area contributed by atoms with Gasteiger partial charge in [-0.1, -0.05) is 25.5 Å². The smallest absolute Gasteiger partial charge is 0.324 e. The molecule has 2 unspecified atom stereocenters. The van der Waals surface area contributed by atoms with E-state index < -0.39 is 11.5 Å². The molecule has 1 fully saturated rings. The number of hydrogen-bond acceptors (Lipinski definition) is 3. The van der Waals surface area contributed by atoms with Gasteiger partial charge in [-0.15, -0.1) is 0 Å². The van der Waals surface area contributed by atoms with Crippen molar-refractivity contribution in [2.24, 2.45) is 5.92 Å². The van der Waals surface area contributed by atoms with Crippen molar-refractivity contribution in [1.82, 2.24) is 5.32 Å². The lowest BCUT2D eigenvalue weighted by Gasteiger charge is -2.32. The Morgan fingerprint density at radius 3 is 2.95 bits per heavy atom. The Labute approximate surface area is 124 Å². The number of halogens is 1. The summed E-state index contributed by atoms with van der Waals surface area (Å²) < 4.78 is 18.9. The van der Waals surface area contributed by atoms with Crippen LogP contribution in [-0.4, -0.2) is 29.8 Å². The van der Waals surface area contributed by atoms with Gasteiger partial charge in [0, 0.05) is 0 Å². The van der Waals surface area contributed by atoms with Crippen molar-refractivity contribution < 1.29 is 19.0 Å². The number of carbonyl (C=O) groups is 1. The van der Waals surface area contributed by atoms with Gasteiger partial charge in [0.15, 0.2) is 11.6 Å². The van der Waals surface area contributed by atoms with E-state index in [1.54, 1.807) is 18.2 Å². The van der Waals surface area contributed by atoms with E-state index in [9.17, 15) is 14.3 Å². The van der Waals surface area contributed by atoms with Crippen LogP contribution in [0.4, 0.5) is 4.39 Å². The van der Waals surface area contributed by atoms with Gasteiger partial charge in [0.05, 0.1) is 6.61 Å². The SMILES string of the molecule is CCNC1(C(=O)O)CCCC1CCOc1ccccc1F. The predicted octanol–water partition coefficient (Wildman–Crippen LogP) is 2.83. The minimum Gasteiger partial charge on any atom is -0.491 e. The van der Waals surface area contributed by atoms with Crippen molar-refractivity contribution in [3.8, 4) is 5.75 Å². The summed E-state index contributed by atoms with van der Waals surface area (Å²) in [6.07, 6.45) is 3.00. The Balaban J connectivity index is 1.95. The highest BCUT2D eigenvalue weighted by Crippen LogP contribution is 2.38. The average molecular weight is 295 g/mol. The summed E-state index contributed by atoms with van der Waals surface area (Å²) in [5.41, 5.74) is -0.854. The first kappa shape index (κ1) is 15.8. The highest BCUT2D eigenvalue weighted by Gasteiger charge is 2.48. The predicted molar refractivity (Wildman–Crippen MR) is 77.9 cm³/mol. The molecule has 0 amide bonds. The number of rotatable bonds is 7. The summed E-state index contributed by atoms with van der Waals surface area (Å²) in [7, 11) is 0. The maximum Gasteiger partial charge on any atom is 0.324 e. The van der Waals surface area contributed by atoms with Gasteiger partial charge < -0.3 is 15.2 Å². The fourth-order valence-electron chi connectivity index (χ4n) is 3.25. The summed E-state index contributed by atoms with van der Waals surface area (Å²) in [5.74, 6) is -0.945. The topological polar surface area (TPSA) is 58.6 Å². The fraction of sp³-hybridized carbons (Fsp3) is 0.562. The average Bonchev–Trinajstić information content (AvgIpc) is 2.86. The van der Waals surface area contributed by atoms with Crippen LogP contribution in [0, 0.1) is 11.7 Å². The van der Waals surface area contributed by atoms with Crippen LogP contribution in [-0.2, 0) is 4.79 Å². The van der Waals surface area contributed by atoms with Crippen molar-refractivity contribution in [2.45, 2.75) is 38.1 Å². The van der Waals surface area contributed by atoms with Gasteiger partial charge in [-0.05, 0) is 43.9 Å². The number of carboxylic acid groups (broad SMARTS) is 1. The Kier molecular flexibility index (Phi) is 5.17. The molecule has 116 valence electrons. The molecule has 2 N–H and O–H groups in total. The van der Waals surface area contributed by atoms with E-state index in [0.29, 0.717) is 26.0 Å². The molecule has 0 aliphatic heterocycles. The molecular formula is C16H22FNO3. The lowest BCUT2D eigenvalue weighted by atomic mass is 9.84. The molecule has 0 heterocycles. The van der Waals surface area contributed by atoms with E-state index in [1.807, 2.05) is 6.92 Å². The zero-order valence-corrected chi connectivity index (χ0v) is 12.3. The third-order valence-electron chi connectivity index (χ3n) is 4.26. The van der Waals surface area contributed by atoms with Crippen LogP contribution >= 0.6 is 0 Å². The number of benzene rings is 1. The quantitative estimate of drug-likeness (QED) is 0.812. The summed E-state index contributed by atoms with van der Waals surface area (Å²) in [6, 6.07) is 6.26. The second kappa shape index (κ2) is 6.89. The molecule has 0 spiro atoms. The Bertz CT molecular complexity index is 494. The molecule has 5 heteroatoms. The second-order valence-electron chi connectivity index (χ2n) is 5.46. The van der Waals surface area contributed by atoms with Gasteiger partial charge >= 0.3 is 5.97 Å². The molecule has 2 rings (SSSR count). The molecule has 1 aromatic rings. The summed E-state index contributed by atoms with van der Waals surface area (Å²) in [6.45, 7) is 2.86. The first-order chi connectivity index (χ1) is 10.1. The van der Waals surface area contributed by atoms with Gasteiger partial charge in [-0.25, -0.2) is 4.39 Å². The van der Waals surface area contributed by atoms with E-state index in [2.05, 4.69) is 5.32 Å². The molecule has 0 radical (unpaired) electrons. The molecule has 1 saturated carbocycles. The lowest BCUT2D eigenvalue weighted by Crippen LogP contribution is -2.55. The fourth-order valence-corrected chi connectivity index (χ4v) is 3.25. The first-order valence-corrected chi connectivity index (χ1v) is 7.46. The number of aliphatic carboxylic acids is 1. The Morgan fingerprint density at radius 2 is 2.29 bits per heavy atom. The molecular weight excluding hydrogens is 273 g/mol. The van der Waals surface area contributed by atoms with Crippen LogP contribution < -0.4 is 10.1 Å². The van der Waals surface area contributed by atoms with E-state index in [1.165, 1.54) is 6.07 Å². The van der Waals surface area contributed by atoms with Gasteiger partial charge in [-0.2, -0.15) is 0 Å². The molecule has 21 heavy (non-hydrogen) atoms. The maximum absolute atomic E-state index is 13.5. The number of para-hydroxylation sites is 1. The Hall–Kier alpha value is -1.62. The minimum absolute atomic E-state index is 0.0155. The van der Waals surface area contributed by atoms with Crippen molar-refractivity contribution in [3.63, 3.8) is 0 Å². The molecule has 0 aromatic heterocycles. The van der Waals surface area contributed by atoms with Gasteiger partial charge in [0.25, 0.3) is 0 Å². The number of hydrogen-bond donors (Lipinski definition) is 2. The maximum atomic E-state index is 13.5.